The second-order valence-electron chi connectivity index (χ2n) is 7.32. The van der Waals surface area contributed by atoms with Crippen molar-refractivity contribution in [2.45, 2.75) is 33.2 Å². The second-order valence-corrected chi connectivity index (χ2v) is 7.32. The number of anilines is 1. The Morgan fingerprint density at radius 3 is 2.79 bits per heavy atom. The molecule has 1 aromatic carbocycles. The summed E-state index contributed by atoms with van der Waals surface area (Å²) in [7, 11) is 0. The van der Waals surface area contributed by atoms with E-state index in [1.54, 1.807) is 4.90 Å². The first-order valence-electron chi connectivity index (χ1n) is 9.44. The molecule has 1 saturated heterocycles. The molecule has 0 aliphatic carbocycles. The number of amides is 2. The molecule has 0 spiro atoms. The maximum atomic E-state index is 12.9. The van der Waals surface area contributed by atoms with Gasteiger partial charge >= 0.3 is 0 Å². The minimum Gasteiger partial charge on any atom is -0.346 e. The van der Waals surface area contributed by atoms with Gasteiger partial charge in [-0.3, -0.25) is 14.0 Å². The first-order chi connectivity index (χ1) is 13.5. The van der Waals surface area contributed by atoms with Gasteiger partial charge in [0.25, 0.3) is 0 Å². The number of benzene rings is 1. The summed E-state index contributed by atoms with van der Waals surface area (Å²) in [6.45, 7) is 6.45. The molecule has 2 atom stereocenters. The van der Waals surface area contributed by atoms with E-state index >= 15 is 0 Å². The molecule has 1 N–H and O–H groups in total. The molecule has 4 rings (SSSR count). The number of carbonyl (C=O) groups excluding carboxylic acids is 2. The van der Waals surface area contributed by atoms with Crippen molar-refractivity contribution in [2.75, 3.05) is 11.4 Å². The second kappa shape index (κ2) is 7.07. The van der Waals surface area contributed by atoms with Gasteiger partial charge in [-0.15, -0.1) is 10.2 Å². The van der Waals surface area contributed by atoms with Crippen LogP contribution in [-0.2, 0) is 9.59 Å². The highest BCUT2D eigenvalue weighted by Crippen LogP contribution is 2.27. The van der Waals surface area contributed by atoms with E-state index in [1.807, 2.05) is 67.8 Å². The topological polar surface area (TPSA) is 79.6 Å². The summed E-state index contributed by atoms with van der Waals surface area (Å²) in [5.74, 6) is -0.459. The van der Waals surface area contributed by atoms with Gasteiger partial charge in [0, 0.05) is 18.4 Å². The van der Waals surface area contributed by atoms with E-state index in [0.29, 0.717) is 18.8 Å². The number of pyridine rings is 1. The summed E-state index contributed by atoms with van der Waals surface area (Å²) in [6.07, 6.45) is 2.36. The van der Waals surface area contributed by atoms with E-state index in [4.69, 9.17) is 0 Å². The number of hydrogen-bond acceptors (Lipinski definition) is 4. The third-order valence-corrected chi connectivity index (χ3v) is 5.41. The standard InChI is InChI=1S/C21H23N5O2/c1-13-7-8-16(12-14(13)2)25-11-9-17(21(25)28)20(27)22-15(3)19-24-23-18-6-4-5-10-26(18)19/h4-8,10,12,15,17H,9,11H2,1-3H3,(H,22,27). The van der Waals surface area contributed by atoms with Gasteiger partial charge in [0.2, 0.25) is 11.8 Å². The highest BCUT2D eigenvalue weighted by molar-refractivity contribution is 6.09. The van der Waals surface area contributed by atoms with Gasteiger partial charge in [-0.2, -0.15) is 0 Å². The van der Waals surface area contributed by atoms with Crippen LogP contribution >= 0.6 is 0 Å². The quantitative estimate of drug-likeness (QED) is 0.709. The summed E-state index contributed by atoms with van der Waals surface area (Å²) in [5.41, 5.74) is 3.88. The normalized spacial score (nSPS) is 17.9. The minimum atomic E-state index is -0.678. The summed E-state index contributed by atoms with van der Waals surface area (Å²) < 4.78 is 1.84. The Morgan fingerprint density at radius 1 is 1.18 bits per heavy atom. The van der Waals surface area contributed by atoms with Gasteiger partial charge in [-0.05, 0) is 62.6 Å². The Bertz CT molecular complexity index is 1060. The van der Waals surface area contributed by atoms with Crippen molar-refractivity contribution in [3.8, 4) is 0 Å². The van der Waals surface area contributed by atoms with Crippen LogP contribution in [0.5, 0.6) is 0 Å². The predicted molar refractivity (Wildman–Crippen MR) is 106 cm³/mol. The molecule has 1 aliphatic rings. The number of aryl methyl sites for hydroxylation is 2. The highest BCUT2D eigenvalue weighted by atomic mass is 16.2. The van der Waals surface area contributed by atoms with Crippen LogP contribution in [0.15, 0.2) is 42.6 Å². The van der Waals surface area contributed by atoms with Crippen molar-refractivity contribution < 1.29 is 9.59 Å². The van der Waals surface area contributed by atoms with Crippen molar-refractivity contribution in [1.82, 2.24) is 19.9 Å². The fourth-order valence-corrected chi connectivity index (χ4v) is 3.61. The highest BCUT2D eigenvalue weighted by Gasteiger charge is 2.38. The van der Waals surface area contributed by atoms with Crippen molar-refractivity contribution in [3.63, 3.8) is 0 Å². The molecule has 0 bridgehead atoms. The average Bonchev–Trinajstić information content (AvgIpc) is 3.27. The fraction of sp³-hybridized carbons (Fsp3) is 0.333. The van der Waals surface area contributed by atoms with E-state index in [2.05, 4.69) is 15.5 Å². The van der Waals surface area contributed by atoms with Gasteiger partial charge in [-0.1, -0.05) is 12.1 Å². The Hall–Kier alpha value is -3.22. The zero-order chi connectivity index (χ0) is 19.8. The molecular weight excluding hydrogens is 354 g/mol. The van der Waals surface area contributed by atoms with Gasteiger partial charge in [-0.25, -0.2) is 0 Å². The average molecular weight is 377 g/mol. The lowest BCUT2D eigenvalue weighted by molar-refractivity contribution is -0.132. The van der Waals surface area contributed by atoms with E-state index in [0.717, 1.165) is 16.9 Å². The molecule has 144 valence electrons. The van der Waals surface area contributed by atoms with Crippen molar-refractivity contribution >= 4 is 23.1 Å². The molecule has 1 aliphatic heterocycles. The van der Waals surface area contributed by atoms with Crippen LogP contribution in [0.4, 0.5) is 5.69 Å². The number of nitrogens with one attached hydrogen (secondary N) is 1. The monoisotopic (exact) mass is 377 g/mol. The molecule has 3 aromatic rings. The van der Waals surface area contributed by atoms with Crippen LogP contribution < -0.4 is 10.2 Å². The molecule has 2 unspecified atom stereocenters. The van der Waals surface area contributed by atoms with Gasteiger partial charge in [0.05, 0.1) is 6.04 Å². The van der Waals surface area contributed by atoms with Crippen molar-refractivity contribution in [3.05, 3.63) is 59.5 Å². The van der Waals surface area contributed by atoms with Crippen LogP contribution in [0.25, 0.3) is 5.65 Å². The van der Waals surface area contributed by atoms with Gasteiger partial charge < -0.3 is 10.2 Å². The third kappa shape index (κ3) is 3.13. The maximum absolute atomic E-state index is 12.9. The van der Waals surface area contributed by atoms with E-state index < -0.39 is 5.92 Å². The molecule has 0 saturated carbocycles. The first kappa shape index (κ1) is 18.2. The van der Waals surface area contributed by atoms with E-state index in [9.17, 15) is 9.59 Å². The Balaban J connectivity index is 1.48. The molecule has 2 aromatic heterocycles. The van der Waals surface area contributed by atoms with Crippen LogP contribution in [-0.4, -0.2) is 33.0 Å². The number of aromatic nitrogens is 3. The number of nitrogens with zero attached hydrogens (tertiary/aromatic N) is 4. The van der Waals surface area contributed by atoms with Crippen LogP contribution in [0.3, 0.4) is 0 Å². The minimum absolute atomic E-state index is 0.154. The fourth-order valence-electron chi connectivity index (χ4n) is 3.61. The summed E-state index contributed by atoms with van der Waals surface area (Å²) in [6, 6.07) is 11.2. The maximum Gasteiger partial charge on any atom is 0.239 e. The van der Waals surface area contributed by atoms with Crippen molar-refractivity contribution in [1.29, 1.82) is 0 Å². The van der Waals surface area contributed by atoms with Crippen molar-refractivity contribution in [2.24, 2.45) is 5.92 Å². The third-order valence-electron chi connectivity index (χ3n) is 5.41. The number of fused-ring (bicyclic) bond motifs is 1. The largest absolute Gasteiger partial charge is 0.346 e. The summed E-state index contributed by atoms with van der Waals surface area (Å²) >= 11 is 0. The van der Waals surface area contributed by atoms with Crippen LogP contribution in [0, 0.1) is 19.8 Å². The zero-order valence-electron chi connectivity index (χ0n) is 16.2. The molecule has 28 heavy (non-hydrogen) atoms. The lowest BCUT2D eigenvalue weighted by Gasteiger charge is -2.19. The lowest BCUT2D eigenvalue weighted by atomic mass is 10.1. The van der Waals surface area contributed by atoms with E-state index in [-0.39, 0.29) is 17.9 Å². The van der Waals surface area contributed by atoms with Crippen LogP contribution in [0.2, 0.25) is 0 Å². The Kier molecular flexibility index (Phi) is 4.58. The first-order valence-corrected chi connectivity index (χ1v) is 9.44. The molecule has 7 nitrogen and oxygen atoms in total. The number of hydrogen-bond donors (Lipinski definition) is 1. The number of carbonyl (C=O) groups is 2. The smallest absolute Gasteiger partial charge is 0.239 e. The zero-order valence-corrected chi connectivity index (χ0v) is 16.2. The molecule has 7 heteroatoms. The van der Waals surface area contributed by atoms with Gasteiger partial charge in [0.1, 0.15) is 5.92 Å². The number of rotatable bonds is 4. The lowest BCUT2D eigenvalue weighted by Crippen LogP contribution is -2.38. The molecule has 3 heterocycles. The Morgan fingerprint density at radius 2 is 2.00 bits per heavy atom. The summed E-state index contributed by atoms with van der Waals surface area (Å²) in [5, 5.41) is 11.2. The predicted octanol–water partition coefficient (Wildman–Crippen LogP) is 2.58. The Labute approximate surface area is 163 Å². The molecule has 1 fully saturated rings. The van der Waals surface area contributed by atoms with Gasteiger partial charge in [0.15, 0.2) is 11.5 Å². The SMILES string of the molecule is Cc1ccc(N2CCC(C(=O)NC(C)c3nnc4ccccn34)C2=O)cc1C. The molecular formula is C21H23N5O2. The summed E-state index contributed by atoms with van der Waals surface area (Å²) in [4.78, 5) is 27.3. The van der Waals surface area contributed by atoms with Crippen LogP contribution in [0.1, 0.15) is 36.3 Å². The van der Waals surface area contributed by atoms with E-state index in [1.165, 1.54) is 5.56 Å². The molecule has 0 radical (unpaired) electrons. The molecule has 2 amide bonds.